The summed E-state index contributed by atoms with van der Waals surface area (Å²) in [5, 5.41) is 5.27. The van der Waals surface area contributed by atoms with Gasteiger partial charge in [-0.3, -0.25) is 9.59 Å². The zero-order valence-corrected chi connectivity index (χ0v) is 14.2. The lowest BCUT2D eigenvalue weighted by atomic mass is 10.1. The third-order valence-electron chi connectivity index (χ3n) is 3.46. The lowest BCUT2D eigenvalue weighted by Gasteiger charge is -2.08. The molecule has 0 aliphatic carbocycles. The molecule has 0 bridgehead atoms. The maximum Gasteiger partial charge on any atom is 0.309 e. The fourth-order valence-electron chi connectivity index (χ4n) is 2.14. The number of amides is 2. The molecule has 2 amide bonds. The van der Waals surface area contributed by atoms with Gasteiger partial charge in [0.15, 0.2) is 0 Å². The van der Waals surface area contributed by atoms with Gasteiger partial charge < -0.3 is 15.4 Å². The molecule has 0 saturated carbocycles. The molecule has 0 spiro atoms. The highest BCUT2D eigenvalue weighted by atomic mass is 16.5. The summed E-state index contributed by atoms with van der Waals surface area (Å²) in [6, 6.07) is 7.44. The Balaban J connectivity index is 2.20. The summed E-state index contributed by atoms with van der Waals surface area (Å²) in [5.74, 6) is -0.359. The summed E-state index contributed by atoms with van der Waals surface area (Å²) < 4.78 is 5.35. The second kappa shape index (κ2) is 11.5. The molecule has 0 aliphatic heterocycles. The standard InChI is InChI=1S/C18H28N2O3/c1-3-5-6-7-8-13-19-17(21)18(22)20-14-15-9-11-16(12-10-15)23-4-2/h9-12H,3-8,13-14H2,1-2H3,(H,19,21)(H,20,22). The van der Waals surface area contributed by atoms with Crippen molar-refractivity contribution in [3.05, 3.63) is 29.8 Å². The average molecular weight is 320 g/mol. The predicted molar refractivity (Wildman–Crippen MR) is 91.2 cm³/mol. The largest absolute Gasteiger partial charge is 0.494 e. The van der Waals surface area contributed by atoms with E-state index in [2.05, 4.69) is 17.6 Å². The van der Waals surface area contributed by atoms with Crippen LogP contribution in [0.4, 0.5) is 0 Å². The first kappa shape index (κ1) is 19.0. The number of unbranched alkanes of at least 4 members (excludes halogenated alkanes) is 4. The number of rotatable bonds is 10. The van der Waals surface area contributed by atoms with Crippen molar-refractivity contribution in [2.24, 2.45) is 0 Å². The van der Waals surface area contributed by atoms with Gasteiger partial charge in [-0.2, -0.15) is 0 Å². The number of hydrogen-bond donors (Lipinski definition) is 2. The van der Waals surface area contributed by atoms with Crippen LogP contribution in [0.1, 0.15) is 51.5 Å². The van der Waals surface area contributed by atoms with Gasteiger partial charge in [-0.15, -0.1) is 0 Å². The van der Waals surface area contributed by atoms with E-state index in [9.17, 15) is 9.59 Å². The molecule has 1 aromatic rings. The van der Waals surface area contributed by atoms with Crippen molar-refractivity contribution in [2.75, 3.05) is 13.2 Å². The zero-order valence-electron chi connectivity index (χ0n) is 14.2. The van der Waals surface area contributed by atoms with Gasteiger partial charge >= 0.3 is 11.8 Å². The molecule has 5 nitrogen and oxygen atoms in total. The van der Waals surface area contributed by atoms with Gasteiger partial charge in [-0.1, -0.05) is 44.7 Å². The Hall–Kier alpha value is -2.04. The monoisotopic (exact) mass is 320 g/mol. The van der Waals surface area contributed by atoms with Crippen LogP contribution in [0.3, 0.4) is 0 Å². The van der Waals surface area contributed by atoms with Gasteiger partial charge in [0.05, 0.1) is 6.61 Å². The van der Waals surface area contributed by atoms with Gasteiger partial charge in [0.1, 0.15) is 5.75 Å². The molecular weight excluding hydrogens is 292 g/mol. The van der Waals surface area contributed by atoms with Gasteiger partial charge in [-0.05, 0) is 31.0 Å². The highest BCUT2D eigenvalue weighted by molar-refractivity contribution is 6.35. The molecule has 0 saturated heterocycles. The Labute approximate surface area is 138 Å². The van der Waals surface area contributed by atoms with Crippen LogP contribution in [0, 0.1) is 0 Å². The van der Waals surface area contributed by atoms with E-state index in [1.54, 1.807) is 0 Å². The molecule has 128 valence electrons. The van der Waals surface area contributed by atoms with Crippen molar-refractivity contribution in [1.82, 2.24) is 10.6 Å². The average Bonchev–Trinajstić information content (AvgIpc) is 2.57. The second-order valence-corrected chi connectivity index (χ2v) is 5.43. The van der Waals surface area contributed by atoms with Crippen molar-refractivity contribution in [3.8, 4) is 5.75 Å². The van der Waals surface area contributed by atoms with E-state index in [4.69, 9.17) is 4.74 Å². The summed E-state index contributed by atoms with van der Waals surface area (Å²) in [4.78, 5) is 23.4. The molecule has 0 atom stereocenters. The molecule has 2 N–H and O–H groups in total. The van der Waals surface area contributed by atoms with Crippen LogP contribution >= 0.6 is 0 Å². The number of nitrogens with one attached hydrogen (secondary N) is 2. The van der Waals surface area contributed by atoms with E-state index >= 15 is 0 Å². The Bertz CT molecular complexity index is 472. The summed E-state index contributed by atoms with van der Waals surface area (Å²) in [6.45, 7) is 5.59. The lowest BCUT2D eigenvalue weighted by molar-refractivity contribution is -0.139. The molecule has 0 heterocycles. The highest BCUT2D eigenvalue weighted by Gasteiger charge is 2.11. The van der Waals surface area contributed by atoms with Crippen LogP contribution in [0.25, 0.3) is 0 Å². The van der Waals surface area contributed by atoms with Crippen molar-refractivity contribution >= 4 is 11.8 Å². The minimum absolute atomic E-state index is 0.329. The fourth-order valence-corrected chi connectivity index (χ4v) is 2.14. The SMILES string of the molecule is CCCCCCCNC(=O)C(=O)NCc1ccc(OCC)cc1. The molecule has 0 aromatic heterocycles. The van der Waals surface area contributed by atoms with E-state index in [0.717, 1.165) is 24.2 Å². The maximum atomic E-state index is 11.7. The Morgan fingerprint density at radius 3 is 2.22 bits per heavy atom. The van der Waals surface area contributed by atoms with E-state index in [0.29, 0.717) is 19.7 Å². The van der Waals surface area contributed by atoms with Crippen molar-refractivity contribution in [1.29, 1.82) is 0 Å². The minimum Gasteiger partial charge on any atom is -0.494 e. The predicted octanol–water partition coefficient (Wildman–Crippen LogP) is 2.79. The number of hydrogen-bond acceptors (Lipinski definition) is 3. The molecular formula is C18H28N2O3. The first-order chi connectivity index (χ1) is 11.2. The van der Waals surface area contributed by atoms with Gasteiger partial charge in [0.2, 0.25) is 0 Å². The first-order valence-corrected chi connectivity index (χ1v) is 8.45. The van der Waals surface area contributed by atoms with Crippen LogP contribution < -0.4 is 15.4 Å². The molecule has 0 unspecified atom stereocenters. The van der Waals surface area contributed by atoms with Gasteiger partial charge in [0.25, 0.3) is 0 Å². The molecule has 5 heteroatoms. The third-order valence-corrected chi connectivity index (χ3v) is 3.46. The normalized spacial score (nSPS) is 10.2. The number of benzene rings is 1. The summed E-state index contributed by atoms with van der Waals surface area (Å²) in [5.41, 5.74) is 0.925. The van der Waals surface area contributed by atoms with Gasteiger partial charge in [-0.25, -0.2) is 0 Å². The summed E-state index contributed by atoms with van der Waals surface area (Å²) >= 11 is 0. The van der Waals surface area contributed by atoms with Crippen LogP contribution in [0.2, 0.25) is 0 Å². The molecule has 23 heavy (non-hydrogen) atoms. The first-order valence-electron chi connectivity index (χ1n) is 8.45. The van der Waals surface area contributed by atoms with Crippen LogP contribution in [0.5, 0.6) is 5.75 Å². The maximum absolute atomic E-state index is 11.7. The smallest absolute Gasteiger partial charge is 0.309 e. The fraction of sp³-hybridized carbons (Fsp3) is 0.556. The van der Waals surface area contributed by atoms with Crippen molar-refractivity contribution < 1.29 is 14.3 Å². The van der Waals surface area contributed by atoms with Crippen LogP contribution in [-0.4, -0.2) is 25.0 Å². The van der Waals surface area contributed by atoms with Crippen LogP contribution in [0.15, 0.2) is 24.3 Å². The molecule has 1 rings (SSSR count). The van der Waals surface area contributed by atoms with E-state index in [1.807, 2.05) is 31.2 Å². The second-order valence-electron chi connectivity index (χ2n) is 5.43. The number of ether oxygens (including phenoxy) is 1. The molecule has 0 radical (unpaired) electrons. The lowest BCUT2D eigenvalue weighted by Crippen LogP contribution is -2.39. The van der Waals surface area contributed by atoms with Gasteiger partial charge in [0, 0.05) is 13.1 Å². The third kappa shape index (κ3) is 8.24. The summed E-state index contributed by atoms with van der Waals surface area (Å²) in [7, 11) is 0. The highest BCUT2D eigenvalue weighted by Crippen LogP contribution is 2.11. The quantitative estimate of drug-likeness (QED) is 0.514. The molecule has 0 aliphatic rings. The van der Waals surface area contributed by atoms with Crippen molar-refractivity contribution in [3.63, 3.8) is 0 Å². The summed E-state index contributed by atoms with van der Waals surface area (Å²) in [6.07, 6.45) is 5.59. The van der Waals surface area contributed by atoms with E-state index in [1.165, 1.54) is 19.3 Å². The number of carbonyl (C=O) groups is 2. The topological polar surface area (TPSA) is 67.4 Å². The van der Waals surface area contributed by atoms with E-state index in [-0.39, 0.29) is 0 Å². The minimum atomic E-state index is -0.590. The Kier molecular flexibility index (Phi) is 9.52. The molecule has 1 aromatic carbocycles. The Morgan fingerprint density at radius 2 is 1.57 bits per heavy atom. The van der Waals surface area contributed by atoms with Crippen LogP contribution in [-0.2, 0) is 16.1 Å². The Morgan fingerprint density at radius 1 is 0.913 bits per heavy atom. The molecule has 0 fully saturated rings. The number of carbonyl (C=O) groups excluding carboxylic acids is 2. The van der Waals surface area contributed by atoms with E-state index < -0.39 is 11.8 Å². The zero-order chi connectivity index (χ0) is 16.9. The van der Waals surface area contributed by atoms with Crippen molar-refractivity contribution in [2.45, 2.75) is 52.5 Å².